The molecule has 1 aliphatic rings. The largest absolute Gasteiger partial charge is 0.469 e. The maximum atomic E-state index is 12.4. The molecule has 0 unspecified atom stereocenters. The predicted molar refractivity (Wildman–Crippen MR) is 91.1 cm³/mol. The third kappa shape index (κ3) is 2.89. The van der Waals surface area contributed by atoms with Crippen LogP contribution in [0.15, 0.2) is 40.1 Å². The van der Waals surface area contributed by atoms with Gasteiger partial charge in [0.2, 0.25) is 6.79 Å². The second kappa shape index (κ2) is 6.29. The number of ether oxygens (including phenoxy) is 2. The molecule has 0 fully saturated rings. The summed E-state index contributed by atoms with van der Waals surface area (Å²) in [7, 11) is 1.87. The summed E-state index contributed by atoms with van der Waals surface area (Å²) in [4.78, 5) is 12.4. The monoisotopic (exact) mass is 357 g/mol. The van der Waals surface area contributed by atoms with E-state index in [4.69, 9.17) is 13.9 Å². The number of fused-ring (bicyclic) bond motifs is 1. The molecule has 1 aliphatic heterocycles. The molecule has 2 aromatic heterocycles. The fourth-order valence-corrected chi connectivity index (χ4v) is 3.38. The first kappa shape index (κ1) is 15.8. The molecule has 25 heavy (non-hydrogen) atoms. The molecule has 0 atom stereocenters. The van der Waals surface area contributed by atoms with Crippen LogP contribution in [0.4, 0.5) is 0 Å². The molecule has 8 heteroatoms. The first-order valence-electron chi connectivity index (χ1n) is 7.63. The van der Waals surface area contributed by atoms with Crippen LogP contribution in [0.3, 0.4) is 0 Å². The Labute approximate surface area is 147 Å². The molecule has 0 bridgehead atoms. The van der Waals surface area contributed by atoms with Gasteiger partial charge >= 0.3 is 0 Å². The van der Waals surface area contributed by atoms with Gasteiger partial charge in [0.15, 0.2) is 28.3 Å². The van der Waals surface area contributed by atoms with E-state index in [-0.39, 0.29) is 18.3 Å². The lowest BCUT2D eigenvalue weighted by molar-refractivity contribution is 0.102. The molecule has 0 amide bonds. The zero-order valence-electron chi connectivity index (χ0n) is 13.7. The Balaban J connectivity index is 1.47. The van der Waals surface area contributed by atoms with Crippen molar-refractivity contribution in [1.29, 1.82) is 0 Å². The first-order valence-corrected chi connectivity index (χ1v) is 8.61. The van der Waals surface area contributed by atoms with Gasteiger partial charge in [-0.3, -0.25) is 4.79 Å². The maximum absolute atomic E-state index is 12.4. The SMILES string of the molecule is Cc1occc1-c1nnc(SCC(=O)c2ccc3c(c2)OCO3)n1C. The van der Waals surface area contributed by atoms with E-state index in [0.29, 0.717) is 28.0 Å². The molecule has 0 saturated carbocycles. The van der Waals surface area contributed by atoms with Gasteiger partial charge in [-0.25, -0.2) is 0 Å². The zero-order chi connectivity index (χ0) is 17.4. The average molecular weight is 357 g/mol. The third-order valence-electron chi connectivity index (χ3n) is 3.96. The molecule has 128 valence electrons. The van der Waals surface area contributed by atoms with E-state index in [0.717, 1.165) is 11.3 Å². The van der Waals surface area contributed by atoms with E-state index in [9.17, 15) is 4.79 Å². The predicted octanol–water partition coefficient (Wildman–Crippen LogP) is 3.09. The van der Waals surface area contributed by atoms with Crippen molar-refractivity contribution in [2.24, 2.45) is 7.05 Å². The van der Waals surface area contributed by atoms with Crippen molar-refractivity contribution >= 4 is 17.5 Å². The summed E-state index contributed by atoms with van der Waals surface area (Å²) < 4.78 is 17.7. The number of nitrogens with zero attached hydrogens (tertiary/aromatic N) is 3. The number of hydrogen-bond donors (Lipinski definition) is 0. The summed E-state index contributed by atoms with van der Waals surface area (Å²) in [5.74, 6) is 3.01. The Morgan fingerprint density at radius 2 is 2.08 bits per heavy atom. The molecule has 1 aromatic carbocycles. The van der Waals surface area contributed by atoms with Crippen LogP contribution in [-0.4, -0.2) is 33.1 Å². The molecular weight excluding hydrogens is 342 g/mol. The van der Waals surface area contributed by atoms with Gasteiger partial charge in [-0.2, -0.15) is 0 Å². The number of furan rings is 1. The van der Waals surface area contributed by atoms with Crippen molar-refractivity contribution in [2.75, 3.05) is 12.5 Å². The van der Waals surface area contributed by atoms with E-state index in [1.807, 2.05) is 24.6 Å². The minimum Gasteiger partial charge on any atom is -0.469 e. The smallest absolute Gasteiger partial charge is 0.231 e. The van der Waals surface area contributed by atoms with Crippen molar-refractivity contribution in [3.8, 4) is 22.9 Å². The van der Waals surface area contributed by atoms with Crippen molar-refractivity contribution in [3.05, 3.63) is 41.9 Å². The van der Waals surface area contributed by atoms with Gasteiger partial charge in [0.1, 0.15) is 5.76 Å². The highest BCUT2D eigenvalue weighted by molar-refractivity contribution is 7.99. The first-order chi connectivity index (χ1) is 12.1. The molecule has 0 aliphatic carbocycles. The summed E-state index contributed by atoms with van der Waals surface area (Å²) in [6.07, 6.45) is 1.62. The maximum Gasteiger partial charge on any atom is 0.231 e. The standard InChI is InChI=1S/C17H15N3O4S/c1-10-12(5-6-22-10)16-18-19-17(20(16)2)25-8-13(21)11-3-4-14-15(7-11)24-9-23-14/h3-7H,8-9H2,1-2H3. The molecule has 3 heterocycles. The number of hydrogen-bond acceptors (Lipinski definition) is 7. The number of rotatable bonds is 5. The number of Topliss-reactive ketones (excluding diaryl/α,β-unsaturated/α-hetero) is 1. The van der Waals surface area contributed by atoms with Crippen molar-refractivity contribution < 1.29 is 18.7 Å². The van der Waals surface area contributed by atoms with Crippen LogP contribution in [0, 0.1) is 6.92 Å². The average Bonchev–Trinajstić information content (AvgIpc) is 3.32. The fraction of sp³-hybridized carbons (Fsp3) is 0.235. The fourth-order valence-electron chi connectivity index (χ4n) is 2.58. The molecule has 4 rings (SSSR count). The Kier molecular flexibility index (Phi) is 3.96. The summed E-state index contributed by atoms with van der Waals surface area (Å²) in [5, 5.41) is 9.05. The Morgan fingerprint density at radius 1 is 1.24 bits per heavy atom. The van der Waals surface area contributed by atoms with Gasteiger partial charge in [-0.05, 0) is 31.2 Å². The van der Waals surface area contributed by atoms with Crippen LogP contribution in [0.25, 0.3) is 11.4 Å². The van der Waals surface area contributed by atoms with Crippen LogP contribution in [0.5, 0.6) is 11.5 Å². The molecule has 7 nitrogen and oxygen atoms in total. The van der Waals surface area contributed by atoms with E-state index >= 15 is 0 Å². The zero-order valence-corrected chi connectivity index (χ0v) is 14.5. The van der Waals surface area contributed by atoms with Gasteiger partial charge in [-0.1, -0.05) is 11.8 Å². The Morgan fingerprint density at radius 3 is 2.88 bits per heavy atom. The highest BCUT2D eigenvalue weighted by atomic mass is 32.2. The van der Waals surface area contributed by atoms with Crippen LogP contribution < -0.4 is 9.47 Å². The van der Waals surface area contributed by atoms with Crippen LogP contribution in [-0.2, 0) is 7.05 Å². The second-order valence-corrected chi connectivity index (χ2v) is 6.48. The van der Waals surface area contributed by atoms with E-state index in [2.05, 4.69) is 10.2 Å². The Hall–Kier alpha value is -2.74. The van der Waals surface area contributed by atoms with Gasteiger partial charge in [0, 0.05) is 12.6 Å². The number of aromatic nitrogens is 3. The van der Waals surface area contributed by atoms with Crippen LogP contribution in [0.1, 0.15) is 16.1 Å². The third-order valence-corrected chi connectivity index (χ3v) is 4.98. The topological polar surface area (TPSA) is 79.4 Å². The highest BCUT2D eigenvalue weighted by Crippen LogP contribution is 2.33. The van der Waals surface area contributed by atoms with Crippen molar-refractivity contribution in [3.63, 3.8) is 0 Å². The van der Waals surface area contributed by atoms with Gasteiger partial charge < -0.3 is 18.5 Å². The summed E-state index contributed by atoms with van der Waals surface area (Å²) in [6.45, 7) is 2.07. The molecule has 0 spiro atoms. The molecule has 0 saturated heterocycles. The van der Waals surface area contributed by atoms with Crippen molar-refractivity contribution in [1.82, 2.24) is 14.8 Å². The molecular formula is C17H15N3O4S. The van der Waals surface area contributed by atoms with Gasteiger partial charge in [0.05, 0.1) is 17.6 Å². The number of benzene rings is 1. The quantitative estimate of drug-likeness (QED) is 0.513. The number of carbonyl (C=O) groups excluding carboxylic acids is 1. The molecule has 0 N–H and O–H groups in total. The highest BCUT2D eigenvalue weighted by Gasteiger charge is 2.18. The van der Waals surface area contributed by atoms with Crippen LogP contribution >= 0.6 is 11.8 Å². The minimum atomic E-state index is -0.00709. The number of ketones is 1. The van der Waals surface area contributed by atoms with Crippen molar-refractivity contribution in [2.45, 2.75) is 12.1 Å². The lowest BCUT2D eigenvalue weighted by Gasteiger charge is -2.04. The lowest BCUT2D eigenvalue weighted by Crippen LogP contribution is -2.04. The molecule has 3 aromatic rings. The Bertz CT molecular complexity index is 947. The number of thioether (sulfide) groups is 1. The molecule has 0 radical (unpaired) electrons. The van der Waals surface area contributed by atoms with Crippen LogP contribution in [0.2, 0.25) is 0 Å². The number of carbonyl (C=O) groups is 1. The number of aryl methyl sites for hydroxylation is 1. The van der Waals surface area contributed by atoms with E-state index in [1.165, 1.54) is 11.8 Å². The van der Waals surface area contributed by atoms with E-state index in [1.54, 1.807) is 24.5 Å². The van der Waals surface area contributed by atoms with E-state index < -0.39 is 0 Å². The van der Waals surface area contributed by atoms with Gasteiger partial charge in [0.25, 0.3) is 0 Å². The van der Waals surface area contributed by atoms with Gasteiger partial charge in [-0.15, -0.1) is 10.2 Å². The second-order valence-electron chi connectivity index (χ2n) is 5.54. The lowest BCUT2D eigenvalue weighted by atomic mass is 10.1. The summed E-state index contributed by atoms with van der Waals surface area (Å²) >= 11 is 1.34. The minimum absolute atomic E-state index is 0.00709. The summed E-state index contributed by atoms with van der Waals surface area (Å²) in [5.41, 5.74) is 1.48. The summed E-state index contributed by atoms with van der Waals surface area (Å²) in [6, 6.07) is 7.06. The normalized spacial score (nSPS) is 12.6.